The molecule has 1 aromatic carbocycles. The summed E-state index contributed by atoms with van der Waals surface area (Å²) < 4.78 is 5.90. The van der Waals surface area contributed by atoms with Crippen LogP contribution in [0.4, 0.5) is 0 Å². The van der Waals surface area contributed by atoms with Crippen LogP contribution >= 0.6 is 0 Å². The Labute approximate surface area is 197 Å². The third-order valence-corrected chi connectivity index (χ3v) is 6.38. The summed E-state index contributed by atoms with van der Waals surface area (Å²) in [5.74, 6) is -0.877. The minimum absolute atomic E-state index is 0.100. The van der Waals surface area contributed by atoms with Gasteiger partial charge in [-0.3, -0.25) is 9.59 Å². The number of likely N-dealkylation sites (N-methyl/N-ethyl adjacent to an activating group) is 1. The molecule has 0 saturated carbocycles. The molecule has 1 heterocycles. The molecule has 4 atom stereocenters. The minimum atomic E-state index is -0.705. The lowest BCUT2D eigenvalue weighted by Gasteiger charge is -2.31. The smallest absolute Gasteiger partial charge is 0.329 e. The summed E-state index contributed by atoms with van der Waals surface area (Å²) in [7, 11) is 1.68. The molecule has 33 heavy (non-hydrogen) atoms. The molecule has 0 bridgehead atoms. The van der Waals surface area contributed by atoms with Gasteiger partial charge in [-0.2, -0.15) is 0 Å². The predicted molar refractivity (Wildman–Crippen MR) is 127 cm³/mol. The highest BCUT2D eigenvalue weighted by Gasteiger charge is 2.32. The zero-order valence-electron chi connectivity index (χ0n) is 20.3. The van der Waals surface area contributed by atoms with Gasteiger partial charge in [-0.1, -0.05) is 57.0 Å². The van der Waals surface area contributed by atoms with Gasteiger partial charge in [-0.05, 0) is 37.7 Å². The van der Waals surface area contributed by atoms with Gasteiger partial charge < -0.3 is 20.1 Å². The number of aliphatic hydroxyl groups is 1. The SMILES string of the molecule is CCC[C@H]1CCCC(=O)N[C@@H](CO)CCC[C@@H](C)C(=O)N(C)[C@@H](Cc2ccccc2)C(=O)O1. The summed E-state index contributed by atoms with van der Waals surface area (Å²) >= 11 is 0. The summed E-state index contributed by atoms with van der Waals surface area (Å²) in [5.41, 5.74) is 0.968. The lowest BCUT2D eigenvalue weighted by atomic mass is 9.98. The number of carbonyl (C=O) groups is 3. The van der Waals surface area contributed by atoms with Gasteiger partial charge >= 0.3 is 5.97 Å². The van der Waals surface area contributed by atoms with Gasteiger partial charge in [0.25, 0.3) is 0 Å². The van der Waals surface area contributed by atoms with Crippen molar-refractivity contribution in [1.29, 1.82) is 0 Å². The van der Waals surface area contributed by atoms with E-state index in [4.69, 9.17) is 4.74 Å². The second kappa shape index (κ2) is 14.0. The number of hydrogen-bond acceptors (Lipinski definition) is 5. The van der Waals surface area contributed by atoms with E-state index in [-0.39, 0.29) is 36.5 Å². The van der Waals surface area contributed by atoms with Crippen LogP contribution in [-0.4, -0.2) is 59.6 Å². The normalized spacial score (nSPS) is 26.5. The molecule has 0 spiro atoms. The first kappa shape index (κ1) is 26.8. The second-order valence-corrected chi connectivity index (χ2v) is 9.17. The van der Waals surface area contributed by atoms with Crippen LogP contribution in [0, 0.1) is 5.92 Å². The molecule has 7 nitrogen and oxygen atoms in total. The van der Waals surface area contributed by atoms with E-state index in [1.54, 1.807) is 11.9 Å². The quantitative estimate of drug-likeness (QED) is 0.658. The fourth-order valence-corrected chi connectivity index (χ4v) is 4.34. The van der Waals surface area contributed by atoms with E-state index in [9.17, 15) is 19.5 Å². The highest BCUT2D eigenvalue weighted by Crippen LogP contribution is 2.20. The van der Waals surface area contributed by atoms with E-state index in [2.05, 4.69) is 5.32 Å². The van der Waals surface area contributed by atoms with Crippen molar-refractivity contribution in [3.8, 4) is 0 Å². The number of rotatable bonds is 5. The molecule has 2 N–H and O–H groups in total. The van der Waals surface area contributed by atoms with Gasteiger partial charge in [0.05, 0.1) is 12.6 Å². The van der Waals surface area contributed by atoms with Crippen LogP contribution in [-0.2, 0) is 25.5 Å². The van der Waals surface area contributed by atoms with E-state index in [0.717, 1.165) is 12.0 Å². The first-order valence-corrected chi connectivity index (χ1v) is 12.3. The van der Waals surface area contributed by atoms with Crippen molar-refractivity contribution in [1.82, 2.24) is 10.2 Å². The molecule has 2 amide bonds. The lowest BCUT2D eigenvalue weighted by molar-refractivity contribution is -0.160. The number of nitrogens with zero attached hydrogens (tertiary/aromatic N) is 1. The topological polar surface area (TPSA) is 95.9 Å². The number of ether oxygens (including phenoxy) is 1. The summed E-state index contributed by atoms with van der Waals surface area (Å²) in [6.07, 6.45) is 5.08. The van der Waals surface area contributed by atoms with E-state index in [0.29, 0.717) is 51.4 Å². The Morgan fingerprint density at radius 2 is 1.82 bits per heavy atom. The molecular formula is C26H40N2O5. The van der Waals surface area contributed by atoms with Gasteiger partial charge in [0.15, 0.2) is 0 Å². The molecule has 1 aromatic rings. The van der Waals surface area contributed by atoms with Crippen LogP contribution in [0.2, 0.25) is 0 Å². The number of esters is 1. The molecule has 1 aliphatic rings. The molecule has 0 unspecified atom stereocenters. The molecule has 1 saturated heterocycles. The largest absolute Gasteiger partial charge is 0.461 e. The maximum atomic E-state index is 13.3. The lowest BCUT2D eigenvalue weighted by Crippen LogP contribution is -2.47. The van der Waals surface area contributed by atoms with Gasteiger partial charge in [0.2, 0.25) is 11.8 Å². The van der Waals surface area contributed by atoms with Crippen LogP contribution in [0.1, 0.15) is 70.8 Å². The third-order valence-electron chi connectivity index (χ3n) is 6.38. The number of amides is 2. The Morgan fingerprint density at radius 3 is 2.48 bits per heavy atom. The highest BCUT2D eigenvalue weighted by atomic mass is 16.5. The van der Waals surface area contributed by atoms with Crippen LogP contribution in [0.15, 0.2) is 30.3 Å². The Kier molecular flexibility index (Phi) is 11.4. The summed E-state index contributed by atoms with van der Waals surface area (Å²) in [6.45, 7) is 3.77. The molecule has 0 aromatic heterocycles. The number of aliphatic hydroxyl groups excluding tert-OH is 1. The van der Waals surface area contributed by atoms with Gasteiger partial charge in [-0.25, -0.2) is 4.79 Å². The van der Waals surface area contributed by atoms with Crippen LogP contribution in [0.5, 0.6) is 0 Å². The molecule has 0 aliphatic carbocycles. The maximum absolute atomic E-state index is 13.3. The van der Waals surface area contributed by atoms with E-state index >= 15 is 0 Å². The van der Waals surface area contributed by atoms with Crippen molar-refractivity contribution in [2.24, 2.45) is 5.92 Å². The average molecular weight is 461 g/mol. The van der Waals surface area contributed by atoms with Crippen LogP contribution in [0.25, 0.3) is 0 Å². The van der Waals surface area contributed by atoms with Gasteiger partial charge in [0, 0.05) is 25.8 Å². The standard InChI is InChI=1S/C26H40N2O5/c1-4-10-22-15-9-16-24(30)27-21(18-29)14-8-11-19(2)25(31)28(3)23(26(32)33-22)17-20-12-6-5-7-13-20/h5-7,12-13,19,21-23,29H,4,8-11,14-18H2,1-3H3,(H,27,30)/t19-,21-,22+,23+/m1/s1. The molecular weight excluding hydrogens is 420 g/mol. The number of hydrogen-bond donors (Lipinski definition) is 2. The minimum Gasteiger partial charge on any atom is -0.461 e. The van der Waals surface area contributed by atoms with Crippen molar-refractivity contribution < 1.29 is 24.2 Å². The van der Waals surface area contributed by atoms with E-state index in [1.807, 2.05) is 44.2 Å². The third kappa shape index (κ3) is 8.80. The first-order chi connectivity index (χ1) is 15.8. The van der Waals surface area contributed by atoms with E-state index in [1.165, 1.54) is 0 Å². The number of nitrogens with one attached hydrogen (secondary N) is 1. The van der Waals surface area contributed by atoms with Crippen molar-refractivity contribution in [2.75, 3.05) is 13.7 Å². The molecule has 0 radical (unpaired) electrons. The van der Waals surface area contributed by atoms with Gasteiger partial charge in [-0.15, -0.1) is 0 Å². The maximum Gasteiger partial charge on any atom is 0.329 e. The Bertz CT molecular complexity index is 754. The average Bonchev–Trinajstić information content (AvgIpc) is 2.80. The highest BCUT2D eigenvalue weighted by molar-refractivity contribution is 5.85. The first-order valence-electron chi connectivity index (χ1n) is 12.3. The molecule has 7 heteroatoms. The molecule has 184 valence electrons. The number of cyclic esters (lactones) is 1. The van der Waals surface area contributed by atoms with E-state index < -0.39 is 12.0 Å². The summed E-state index contributed by atoms with van der Waals surface area (Å²) in [5, 5.41) is 12.5. The van der Waals surface area contributed by atoms with Crippen molar-refractivity contribution >= 4 is 17.8 Å². The predicted octanol–water partition coefficient (Wildman–Crippen LogP) is 3.24. The van der Waals surface area contributed by atoms with Gasteiger partial charge in [0.1, 0.15) is 12.1 Å². The van der Waals surface area contributed by atoms with Crippen molar-refractivity contribution in [3.63, 3.8) is 0 Å². The van der Waals surface area contributed by atoms with Crippen molar-refractivity contribution in [2.45, 2.75) is 89.8 Å². The molecule has 1 aliphatic heterocycles. The van der Waals surface area contributed by atoms with Crippen LogP contribution < -0.4 is 5.32 Å². The van der Waals surface area contributed by atoms with Crippen molar-refractivity contribution in [3.05, 3.63) is 35.9 Å². The Balaban J connectivity index is 2.25. The second-order valence-electron chi connectivity index (χ2n) is 9.17. The number of carbonyl (C=O) groups excluding carboxylic acids is 3. The Hall–Kier alpha value is -2.41. The fraction of sp³-hybridized carbons (Fsp3) is 0.654. The zero-order chi connectivity index (χ0) is 24.2. The molecule has 1 fully saturated rings. The fourth-order valence-electron chi connectivity index (χ4n) is 4.34. The summed E-state index contributed by atoms with van der Waals surface area (Å²) in [6, 6.07) is 8.65. The van der Waals surface area contributed by atoms with Crippen LogP contribution in [0.3, 0.4) is 0 Å². The zero-order valence-corrected chi connectivity index (χ0v) is 20.3. The monoisotopic (exact) mass is 460 g/mol. The number of benzene rings is 1. The summed E-state index contributed by atoms with van der Waals surface area (Å²) in [4.78, 5) is 40.3. The molecule has 2 rings (SSSR count). The Morgan fingerprint density at radius 1 is 1.09 bits per heavy atom.